The lowest BCUT2D eigenvalue weighted by atomic mass is 10.1. The summed E-state index contributed by atoms with van der Waals surface area (Å²) >= 11 is 0. The Morgan fingerprint density at radius 3 is 2.19 bits per heavy atom. The number of amides is 1. The first-order valence-corrected chi connectivity index (χ1v) is 9.00. The molecule has 0 heterocycles. The molecule has 1 unspecified atom stereocenters. The molecule has 2 aromatic carbocycles. The Bertz CT molecular complexity index is 710. The predicted octanol–water partition coefficient (Wildman–Crippen LogP) is 4.38. The molecule has 144 valence electrons. The molecule has 5 heteroatoms. The first-order valence-electron chi connectivity index (χ1n) is 9.00. The molecule has 2 aromatic rings. The van der Waals surface area contributed by atoms with Crippen LogP contribution in [0.5, 0.6) is 0 Å². The molecule has 0 aromatic heterocycles. The topological polar surface area (TPSA) is 55.8 Å². The number of aldehydes is 1. The van der Waals surface area contributed by atoms with E-state index in [0.717, 1.165) is 11.1 Å². The van der Waals surface area contributed by atoms with E-state index in [1.165, 1.54) is 4.90 Å². The summed E-state index contributed by atoms with van der Waals surface area (Å²) in [7, 11) is 0. The number of hydrogen-bond acceptors (Lipinski definition) is 4. The Morgan fingerprint density at radius 1 is 1.04 bits per heavy atom. The first-order chi connectivity index (χ1) is 12.9. The molecule has 1 atom stereocenters. The first kappa shape index (κ1) is 20.6. The standard InChI is InChI=1S/C22H27NO4/c1-22(2,3)27-21(25)23(14-15-24)20(19-12-8-5-9-13-19)17-26-16-18-10-6-4-7-11-18/h4-13,15,20H,14,16-17H2,1-3H3. The van der Waals surface area contributed by atoms with Gasteiger partial charge in [0.25, 0.3) is 0 Å². The van der Waals surface area contributed by atoms with Gasteiger partial charge in [-0.2, -0.15) is 0 Å². The fraction of sp³-hybridized carbons (Fsp3) is 0.364. The Morgan fingerprint density at radius 2 is 1.63 bits per heavy atom. The van der Waals surface area contributed by atoms with Crippen molar-refractivity contribution in [3.05, 3.63) is 71.8 Å². The quantitative estimate of drug-likeness (QED) is 0.648. The maximum absolute atomic E-state index is 12.7. The Kier molecular flexibility index (Phi) is 7.55. The van der Waals surface area contributed by atoms with Gasteiger partial charge in [0.15, 0.2) is 0 Å². The second-order valence-corrected chi connectivity index (χ2v) is 7.23. The highest BCUT2D eigenvalue weighted by Gasteiger charge is 2.29. The van der Waals surface area contributed by atoms with Crippen LogP contribution in [0.1, 0.15) is 37.9 Å². The summed E-state index contributed by atoms with van der Waals surface area (Å²) < 4.78 is 11.4. The summed E-state index contributed by atoms with van der Waals surface area (Å²) in [6.45, 7) is 6.01. The molecule has 0 N–H and O–H groups in total. The van der Waals surface area contributed by atoms with Crippen molar-refractivity contribution in [2.75, 3.05) is 13.2 Å². The molecule has 0 spiro atoms. The van der Waals surface area contributed by atoms with Crippen molar-refractivity contribution in [3.63, 3.8) is 0 Å². The van der Waals surface area contributed by atoms with E-state index in [-0.39, 0.29) is 13.2 Å². The highest BCUT2D eigenvalue weighted by atomic mass is 16.6. The summed E-state index contributed by atoms with van der Waals surface area (Å²) in [5.74, 6) is 0. The molecule has 0 radical (unpaired) electrons. The number of carbonyl (C=O) groups excluding carboxylic acids is 2. The molecule has 0 fully saturated rings. The molecular weight excluding hydrogens is 342 g/mol. The van der Waals surface area contributed by atoms with Crippen molar-refractivity contribution in [2.45, 2.75) is 39.0 Å². The van der Waals surface area contributed by atoms with Crippen LogP contribution in [0, 0.1) is 0 Å². The van der Waals surface area contributed by atoms with E-state index < -0.39 is 17.7 Å². The van der Waals surface area contributed by atoms with Crippen LogP contribution in [0.4, 0.5) is 4.79 Å². The van der Waals surface area contributed by atoms with Crippen LogP contribution in [-0.4, -0.2) is 36.0 Å². The van der Waals surface area contributed by atoms with Gasteiger partial charge in [-0.3, -0.25) is 4.90 Å². The minimum Gasteiger partial charge on any atom is -0.444 e. The number of ether oxygens (including phenoxy) is 2. The number of rotatable bonds is 8. The van der Waals surface area contributed by atoms with E-state index in [1.807, 2.05) is 60.7 Å². The zero-order valence-corrected chi connectivity index (χ0v) is 16.1. The lowest BCUT2D eigenvalue weighted by molar-refractivity contribution is -0.109. The van der Waals surface area contributed by atoms with Crippen LogP contribution in [0.3, 0.4) is 0 Å². The third-order valence-corrected chi connectivity index (χ3v) is 3.85. The van der Waals surface area contributed by atoms with Crippen LogP contribution in [0.2, 0.25) is 0 Å². The zero-order valence-electron chi connectivity index (χ0n) is 16.1. The highest BCUT2D eigenvalue weighted by Crippen LogP contribution is 2.24. The van der Waals surface area contributed by atoms with Gasteiger partial charge in [0, 0.05) is 0 Å². The van der Waals surface area contributed by atoms with Crippen LogP contribution in [-0.2, 0) is 20.9 Å². The van der Waals surface area contributed by atoms with Gasteiger partial charge in [-0.15, -0.1) is 0 Å². The van der Waals surface area contributed by atoms with Gasteiger partial charge in [-0.05, 0) is 31.9 Å². The van der Waals surface area contributed by atoms with Crippen LogP contribution < -0.4 is 0 Å². The molecule has 0 bridgehead atoms. The van der Waals surface area contributed by atoms with Gasteiger partial charge in [0.1, 0.15) is 11.9 Å². The van der Waals surface area contributed by atoms with Crippen molar-refractivity contribution in [3.8, 4) is 0 Å². The fourth-order valence-electron chi connectivity index (χ4n) is 2.63. The lowest BCUT2D eigenvalue weighted by Crippen LogP contribution is -2.42. The molecule has 0 aliphatic carbocycles. The van der Waals surface area contributed by atoms with Crippen molar-refractivity contribution < 1.29 is 19.1 Å². The SMILES string of the molecule is CC(C)(C)OC(=O)N(CC=O)C(COCc1ccccc1)c1ccccc1. The molecule has 5 nitrogen and oxygen atoms in total. The molecule has 0 aliphatic heterocycles. The smallest absolute Gasteiger partial charge is 0.411 e. The Labute approximate surface area is 160 Å². The van der Waals surface area contributed by atoms with Crippen molar-refractivity contribution in [2.24, 2.45) is 0 Å². The summed E-state index contributed by atoms with van der Waals surface area (Å²) in [6.07, 6.45) is 0.170. The zero-order chi connectivity index (χ0) is 19.7. The predicted molar refractivity (Wildman–Crippen MR) is 104 cm³/mol. The van der Waals surface area contributed by atoms with Crippen molar-refractivity contribution >= 4 is 12.4 Å². The molecular formula is C22H27NO4. The second kappa shape index (κ2) is 9.88. The molecule has 1 amide bonds. The van der Waals surface area contributed by atoms with E-state index in [4.69, 9.17) is 9.47 Å². The average Bonchev–Trinajstić information content (AvgIpc) is 2.64. The van der Waals surface area contributed by atoms with Crippen LogP contribution >= 0.6 is 0 Å². The molecule has 27 heavy (non-hydrogen) atoms. The summed E-state index contributed by atoms with van der Waals surface area (Å²) in [4.78, 5) is 25.3. The molecule has 0 aliphatic rings. The van der Waals surface area contributed by atoms with Crippen molar-refractivity contribution in [1.82, 2.24) is 4.90 Å². The third kappa shape index (κ3) is 6.87. The lowest BCUT2D eigenvalue weighted by Gasteiger charge is -2.32. The molecule has 0 saturated carbocycles. The second-order valence-electron chi connectivity index (χ2n) is 7.23. The number of benzene rings is 2. The van der Waals surface area contributed by atoms with E-state index in [0.29, 0.717) is 12.9 Å². The van der Waals surface area contributed by atoms with Gasteiger partial charge in [0.05, 0.1) is 25.8 Å². The average molecular weight is 369 g/mol. The Hall–Kier alpha value is -2.66. The minimum absolute atomic E-state index is 0.0663. The van der Waals surface area contributed by atoms with Crippen LogP contribution in [0.25, 0.3) is 0 Å². The van der Waals surface area contributed by atoms with Gasteiger partial charge >= 0.3 is 6.09 Å². The van der Waals surface area contributed by atoms with Gasteiger partial charge < -0.3 is 14.3 Å². The number of carbonyl (C=O) groups is 2. The summed E-state index contributed by atoms with van der Waals surface area (Å²) in [6, 6.07) is 18.9. The van der Waals surface area contributed by atoms with Gasteiger partial charge in [-0.1, -0.05) is 60.7 Å². The van der Waals surface area contributed by atoms with Gasteiger partial charge in [-0.25, -0.2) is 4.79 Å². The highest BCUT2D eigenvalue weighted by molar-refractivity contribution is 5.72. The van der Waals surface area contributed by atoms with Crippen LogP contribution in [0.15, 0.2) is 60.7 Å². The maximum Gasteiger partial charge on any atom is 0.411 e. The third-order valence-electron chi connectivity index (χ3n) is 3.85. The van der Waals surface area contributed by atoms with E-state index in [9.17, 15) is 9.59 Å². The number of hydrogen-bond donors (Lipinski definition) is 0. The summed E-state index contributed by atoms with van der Waals surface area (Å²) in [5, 5.41) is 0. The largest absolute Gasteiger partial charge is 0.444 e. The molecule has 0 saturated heterocycles. The maximum atomic E-state index is 12.7. The number of nitrogens with zero attached hydrogens (tertiary/aromatic N) is 1. The normalized spacial score (nSPS) is 12.3. The van der Waals surface area contributed by atoms with Crippen molar-refractivity contribution in [1.29, 1.82) is 0 Å². The molecule has 2 rings (SSSR count). The van der Waals surface area contributed by atoms with E-state index in [1.54, 1.807) is 20.8 Å². The van der Waals surface area contributed by atoms with E-state index in [2.05, 4.69) is 0 Å². The summed E-state index contributed by atoms with van der Waals surface area (Å²) in [5.41, 5.74) is 1.28. The Balaban J connectivity index is 2.18. The minimum atomic E-state index is -0.648. The van der Waals surface area contributed by atoms with E-state index >= 15 is 0 Å². The fourth-order valence-corrected chi connectivity index (χ4v) is 2.63. The monoisotopic (exact) mass is 369 g/mol. The van der Waals surface area contributed by atoms with Gasteiger partial charge in [0.2, 0.25) is 0 Å².